The normalized spacial score (nSPS) is 15.3. The molecule has 232 valence electrons. The Morgan fingerprint density at radius 2 is 1.81 bits per heavy atom. The van der Waals surface area contributed by atoms with Gasteiger partial charge in [-0.1, -0.05) is 29.3 Å². The first-order valence-electron chi connectivity index (χ1n) is 13.1. The lowest BCUT2D eigenvalue weighted by Crippen LogP contribution is -2.45. The van der Waals surface area contributed by atoms with E-state index >= 15 is 0 Å². The minimum atomic E-state index is -1.22. The number of hydrazone groups is 1. The molecule has 0 bridgehead atoms. The van der Waals surface area contributed by atoms with Crippen LogP contribution < -0.4 is 30.3 Å². The molecule has 2 amide bonds. The summed E-state index contributed by atoms with van der Waals surface area (Å²) in [6.45, 7) is 5.04. The van der Waals surface area contributed by atoms with Gasteiger partial charge in [-0.2, -0.15) is 5.10 Å². The van der Waals surface area contributed by atoms with E-state index in [1.54, 1.807) is 39.0 Å². The van der Waals surface area contributed by atoms with Crippen molar-refractivity contribution in [2.45, 2.75) is 33.0 Å². The van der Waals surface area contributed by atoms with E-state index < -0.39 is 30.2 Å². The van der Waals surface area contributed by atoms with Crippen LogP contribution in [0, 0.1) is 0 Å². The maximum atomic E-state index is 12.4. The highest BCUT2D eigenvalue weighted by Gasteiger charge is 2.32. The van der Waals surface area contributed by atoms with Crippen LogP contribution in [0.4, 0.5) is 4.79 Å². The van der Waals surface area contributed by atoms with Gasteiger partial charge in [0.1, 0.15) is 6.61 Å². The Kier molecular flexibility index (Phi) is 12.3. The topological polar surface area (TPSA) is 166 Å². The molecule has 4 N–H and O–H groups in total. The quantitative estimate of drug-likeness (QED) is 0.104. The Labute approximate surface area is 258 Å². The Bertz CT molecular complexity index is 1380. The number of rotatable bonds is 14. The van der Waals surface area contributed by atoms with Gasteiger partial charge in [-0.3, -0.25) is 5.43 Å². The summed E-state index contributed by atoms with van der Waals surface area (Å²) in [7, 11) is 1.26. The predicted molar refractivity (Wildman–Crippen MR) is 158 cm³/mol. The number of nitrogens with zero attached hydrogens (tertiary/aromatic N) is 1. The maximum absolute atomic E-state index is 12.4. The second kappa shape index (κ2) is 15.9. The van der Waals surface area contributed by atoms with E-state index in [0.717, 1.165) is 0 Å². The van der Waals surface area contributed by atoms with Crippen LogP contribution in [-0.2, 0) is 19.1 Å². The molecule has 0 aliphatic carbocycles. The molecule has 0 unspecified atom stereocenters. The maximum Gasteiger partial charge on any atom is 0.344 e. The number of esters is 2. The van der Waals surface area contributed by atoms with Crippen LogP contribution in [0.3, 0.4) is 0 Å². The molecule has 13 nitrogen and oxygen atoms in total. The second-order valence-corrected chi connectivity index (χ2v) is 9.64. The molecule has 1 aliphatic rings. The molecule has 2 aromatic rings. The molecule has 2 atom stereocenters. The van der Waals surface area contributed by atoms with Gasteiger partial charge in [0.05, 0.1) is 48.2 Å². The molecule has 0 radical (unpaired) electrons. The lowest BCUT2D eigenvalue weighted by atomic mass is 9.95. The van der Waals surface area contributed by atoms with Gasteiger partial charge in [0, 0.05) is 5.70 Å². The monoisotopic (exact) mass is 638 g/mol. The Hall–Kier alpha value is -4.20. The standard InChI is InChI=1S/C28H32Cl2N4O9/c1-5-40-21-11-17(25-24(27(37)39-4)15(3)32-28(38)33-25)7-8-20(21)42-13-22(35)34-31-12-16-9-18(29)26(19(30)10-16)43-14-23(36)41-6-2/h7-12,22,25,34-35H,5-6,13-14H2,1-4H3,(H2,32,33,38)/b31-12-/t22-,25-/m0/s1. The van der Waals surface area contributed by atoms with E-state index in [1.165, 1.54) is 25.5 Å². The first-order chi connectivity index (χ1) is 20.6. The lowest BCUT2D eigenvalue weighted by molar-refractivity contribution is -0.145. The number of benzene rings is 2. The van der Waals surface area contributed by atoms with Crippen LogP contribution in [0.2, 0.25) is 10.0 Å². The SMILES string of the molecule is CCOC(=O)COc1c(Cl)cc(/C=N\N[C@@H](O)COc2ccc([C@@H]3NC(=O)NC(C)=C3C(=O)OC)cc2OCC)cc1Cl. The molecule has 3 rings (SSSR count). The van der Waals surface area contributed by atoms with Gasteiger partial charge in [0.2, 0.25) is 0 Å². The van der Waals surface area contributed by atoms with Crippen molar-refractivity contribution in [1.29, 1.82) is 0 Å². The fraction of sp³-hybridized carbons (Fsp3) is 0.357. The van der Waals surface area contributed by atoms with Gasteiger partial charge in [-0.05, 0) is 56.2 Å². The van der Waals surface area contributed by atoms with Gasteiger partial charge in [-0.15, -0.1) is 0 Å². The molecule has 2 aromatic carbocycles. The van der Waals surface area contributed by atoms with Gasteiger partial charge in [0.15, 0.2) is 30.1 Å². The zero-order valence-corrected chi connectivity index (χ0v) is 25.4. The van der Waals surface area contributed by atoms with Gasteiger partial charge < -0.3 is 39.4 Å². The molecule has 0 aromatic heterocycles. The Morgan fingerprint density at radius 1 is 1.09 bits per heavy atom. The highest BCUT2D eigenvalue weighted by molar-refractivity contribution is 6.37. The van der Waals surface area contributed by atoms with E-state index in [4.69, 9.17) is 46.9 Å². The van der Waals surface area contributed by atoms with Crippen LogP contribution >= 0.6 is 23.2 Å². The van der Waals surface area contributed by atoms with Gasteiger partial charge >= 0.3 is 18.0 Å². The third kappa shape index (κ3) is 9.14. The Balaban J connectivity index is 1.64. The molecule has 43 heavy (non-hydrogen) atoms. The molecular formula is C28H32Cl2N4O9. The summed E-state index contributed by atoms with van der Waals surface area (Å²) in [5.74, 6) is -0.375. The third-order valence-electron chi connectivity index (χ3n) is 5.77. The number of hydrogen-bond donors (Lipinski definition) is 4. The number of hydrogen-bond acceptors (Lipinski definition) is 11. The molecule has 0 saturated heterocycles. The number of carbonyl (C=O) groups is 3. The number of carbonyl (C=O) groups excluding carboxylic acids is 3. The molecule has 1 heterocycles. The molecule has 0 spiro atoms. The van der Waals surface area contributed by atoms with Crippen molar-refractivity contribution in [3.05, 3.63) is 62.8 Å². The van der Waals surface area contributed by atoms with E-state index in [-0.39, 0.29) is 41.2 Å². The van der Waals surface area contributed by atoms with Crippen molar-refractivity contribution in [2.75, 3.05) is 33.5 Å². The average Bonchev–Trinajstić information content (AvgIpc) is 2.95. The van der Waals surface area contributed by atoms with Crippen molar-refractivity contribution >= 4 is 47.4 Å². The predicted octanol–water partition coefficient (Wildman–Crippen LogP) is 3.46. The highest BCUT2D eigenvalue weighted by Crippen LogP contribution is 2.35. The molecule has 15 heteroatoms. The fourth-order valence-electron chi connectivity index (χ4n) is 3.95. The minimum absolute atomic E-state index is 0.126. The number of methoxy groups -OCH3 is 1. The van der Waals surface area contributed by atoms with Crippen molar-refractivity contribution in [3.8, 4) is 17.2 Å². The van der Waals surface area contributed by atoms with Crippen molar-refractivity contribution in [2.24, 2.45) is 5.10 Å². The molecule has 0 fully saturated rings. The number of aliphatic hydroxyl groups is 1. The number of halogens is 2. The van der Waals surface area contributed by atoms with Crippen LogP contribution in [0.1, 0.15) is 37.9 Å². The summed E-state index contributed by atoms with van der Waals surface area (Å²) >= 11 is 12.5. The number of amides is 2. The van der Waals surface area contributed by atoms with E-state index in [2.05, 4.69) is 21.2 Å². The Morgan fingerprint density at radius 3 is 2.47 bits per heavy atom. The largest absolute Gasteiger partial charge is 0.490 e. The van der Waals surface area contributed by atoms with Gasteiger partial charge in [-0.25, -0.2) is 14.4 Å². The minimum Gasteiger partial charge on any atom is -0.490 e. The zero-order valence-electron chi connectivity index (χ0n) is 23.9. The van der Waals surface area contributed by atoms with Crippen molar-refractivity contribution in [1.82, 2.24) is 16.1 Å². The van der Waals surface area contributed by atoms with Crippen LogP contribution in [0.15, 0.2) is 46.7 Å². The summed E-state index contributed by atoms with van der Waals surface area (Å²) < 4.78 is 26.5. The fourth-order valence-corrected chi connectivity index (χ4v) is 4.56. The van der Waals surface area contributed by atoms with Crippen LogP contribution in [-0.4, -0.2) is 69.1 Å². The zero-order chi connectivity index (χ0) is 31.5. The van der Waals surface area contributed by atoms with E-state index in [1.807, 2.05) is 0 Å². The summed E-state index contributed by atoms with van der Waals surface area (Å²) in [5.41, 5.74) is 4.20. The summed E-state index contributed by atoms with van der Waals surface area (Å²) in [4.78, 5) is 36.0. The number of urea groups is 1. The highest BCUT2D eigenvalue weighted by atomic mass is 35.5. The second-order valence-electron chi connectivity index (χ2n) is 8.82. The summed E-state index contributed by atoms with van der Waals surface area (Å²) in [6, 6.07) is 6.69. The number of aliphatic hydroxyl groups excluding tert-OH is 1. The van der Waals surface area contributed by atoms with Crippen molar-refractivity contribution < 1.29 is 43.2 Å². The molecule has 0 saturated carbocycles. The van der Waals surface area contributed by atoms with E-state index in [9.17, 15) is 19.5 Å². The summed E-state index contributed by atoms with van der Waals surface area (Å²) in [5, 5.41) is 19.9. The first kappa shape index (κ1) is 33.3. The van der Waals surface area contributed by atoms with Crippen LogP contribution in [0.5, 0.6) is 17.2 Å². The molecular weight excluding hydrogens is 607 g/mol. The average molecular weight is 639 g/mol. The van der Waals surface area contributed by atoms with Crippen LogP contribution in [0.25, 0.3) is 0 Å². The molecule has 1 aliphatic heterocycles. The van der Waals surface area contributed by atoms with E-state index in [0.29, 0.717) is 34.9 Å². The summed E-state index contributed by atoms with van der Waals surface area (Å²) in [6.07, 6.45) is 0.155. The first-order valence-corrected chi connectivity index (χ1v) is 13.8. The lowest BCUT2D eigenvalue weighted by Gasteiger charge is -2.28. The van der Waals surface area contributed by atoms with Gasteiger partial charge in [0.25, 0.3) is 0 Å². The third-order valence-corrected chi connectivity index (χ3v) is 6.33. The number of allylic oxidation sites excluding steroid dienone is 1. The smallest absolute Gasteiger partial charge is 0.344 e. The number of ether oxygens (including phenoxy) is 5. The van der Waals surface area contributed by atoms with Crippen molar-refractivity contribution in [3.63, 3.8) is 0 Å². The number of nitrogens with one attached hydrogen (secondary N) is 3.